The third kappa shape index (κ3) is 7.55. The molecule has 0 aliphatic carbocycles. The summed E-state index contributed by atoms with van der Waals surface area (Å²) in [5, 5.41) is 139. The van der Waals surface area contributed by atoms with E-state index < -0.39 is 104 Å². The van der Waals surface area contributed by atoms with Gasteiger partial charge in [0.25, 0.3) is 5.79 Å². The monoisotopic (exact) mass is 828 g/mol. The summed E-state index contributed by atoms with van der Waals surface area (Å²) in [5.74, 6) is -17.2. The summed E-state index contributed by atoms with van der Waals surface area (Å²) in [7, 11) is 0. The molecule has 1 unspecified atom stereocenters. The van der Waals surface area contributed by atoms with E-state index in [2.05, 4.69) is 0 Å². The van der Waals surface area contributed by atoms with Crippen LogP contribution in [0.15, 0.2) is 97.1 Å². The largest absolute Gasteiger partial charge is 0.504 e. The van der Waals surface area contributed by atoms with Crippen LogP contribution in [0.5, 0.6) is 46.0 Å². The number of benzene rings is 4. The summed E-state index contributed by atoms with van der Waals surface area (Å²) in [6, 6.07) is 12.1. The Kier molecular flexibility index (Phi) is 12.0. The highest BCUT2D eigenvalue weighted by molar-refractivity contribution is 6.19. The van der Waals surface area contributed by atoms with Crippen LogP contribution in [-0.2, 0) is 23.9 Å². The van der Waals surface area contributed by atoms with Crippen molar-refractivity contribution in [1.29, 1.82) is 0 Å². The average Bonchev–Trinajstić information content (AvgIpc) is 3.22. The highest BCUT2D eigenvalue weighted by Gasteiger charge is 2.85. The minimum atomic E-state index is -4.53. The molecule has 4 aromatic rings. The molecule has 0 radical (unpaired) electrons. The predicted molar refractivity (Wildman–Crippen MR) is 207 cm³/mol. The van der Waals surface area contributed by atoms with Gasteiger partial charge in [0, 0.05) is 0 Å². The summed E-state index contributed by atoms with van der Waals surface area (Å²) in [6.07, 6.45) is 2.06. The molecule has 1 aliphatic heterocycles. The maximum absolute atomic E-state index is 14.5. The van der Waals surface area contributed by atoms with Gasteiger partial charge in [-0.2, -0.15) is 0 Å². The van der Waals surface area contributed by atoms with Gasteiger partial charge >= 0.3 is 0 Å². The Labute approximate surface area is 337 Å². The molecular weight excluding hydrogens is 792 g/mol. The second-order valence-corrected chi connectivity index (χ2v) is 13.4. The molecule has 1 heterocycles. The lowest BCUT2D eigenvalue weighted by atomic mass is 9.57. The summed E-state index contributed by atoms with van der Waals surface area (Å²) in [6.45, 7) is -1.64. The Morgan fingerprint density at radius 3 is 1.07 bits per heavy atom. The van der Waals surface area contributed by atoms with Crippen molar-refractivity contribution < 1.29 is 90.3 Å². The number of aliphatic hydroxyl groups is 5. The third-order valence-electron chi connectivity index (χ3n) is 9.64. The Balaban J connectivity index is 1.79. The smallest absolute Gasteiger partial charge is 0.272 e. The number of aromatic hydroxyl groups is 8. The van der Waals surface area contributed by atoms with Gasteiger partial charge in [-0.3, -0.25) is 19.2 Å². The van der Waals surface area contributed by atoms with Crippen molar-refractivity contribution >= 4 is 47.4 Å². The van der Waals surface area contributed by atoms with Crippen LogP contribution in [0.3, 0.4) is 0 Å². The molecular formula is C42H36O18. The van der Waals surface area contributed by atoms with Crippen molar-refractivity contribution in [2.75, 3.05) is 6.61 Å². The molecule has 0 aromatic heterocycles. The Bertz CT molecular complexity index is 2500. The van der Waals surface area contributed by atoms with Gasteiger partial charge in [-0.15, -0.1) is 0 Å². The van der Waals surface area contributed by atoms with Gasteiger partial charge in [-0.1, -0.05) is 48.6 Å². The van der Waals surface area contributed by atoms with E-state index in [0.717, 1.165) is 97.1 Å². The van der Waals surface area contributed by atoms with Crippen LogP contribution in [0.2, 0.25) is 0 Å². The van der Waals surface area contributed by atoms with Crippen molar-refractivity contribution in [3.05, 3.63) is 119 Å². The summed E-state index contributed by atoms with van der Waals surface area (Å²) >= 11 is 0. The molecule has 1 fully saturated rings. The average molecular weight is 829 g/mol. The van der Waals surface area contributed by atoms with Gasteiger partial charge in [0.1, 0.15) is 6.10 Å². The van der Waals surface area contributed by atoms with Crippen LogP contribution < -0.4 is 0 Å². The van der Waals surface area contributed by atoms with E-state index >= 15 is 0 Å². The zero-order chi connectivity index (χ0) is 44.4. The molecule has 0 saturated carbocycles. The molecule has 0 bridgehead atoms. The van der Waals surface area contributed by atoms with Crippen molar-refractivity contribution in [3.63, 3.8) is 0 Å². The van der Waals surface area contributed by atoms with E-state index in [1.807, 2.05) is 0 Å². The number of hydrogen-bond donors (Lipinski definition) is 13. The van der Waals surface area contributed by atoms with Crippen LogP contribution in [-0.4, -0.2) is 125 Å². The molecule has 5 rings (SSSR count). The zero-order valence-electron chi connectivity index (χ0n) is 30.7. The van der Waals surface area contributed by atoms with E-state index in [0.29, 0.717) is 24.3 Å². The molecule has 1 aliphatic rings. The fourth-order valence-corrected chi connectivity index (χ4v) is 6.33. The standard InChI is InChI=1S/C42H36O18/c43-21-38-39(56,34(52)13-5-22-1-9-26(44)30(48)17-22)40(57,35(53)14-6-23-2-10-27(45)31(49)18-23)41(58,36(54)15-7-24-3-11-28(46)32(50)19-24)42(59,60-38)37(55)16-8-25-4-12-29(47)33(51)20-25/h1-20,38,43-51,56-59H,21H2/b13-5+,14-6+,15-7+,16-8+/t38-,39+,40+,41+,42?/m1/s1. The predicted octanol–water partition coefficient (Wildman–Crippen LogP) is 1.03. The normalized spacial score (nSPS) is 24.4. The second-order valence-electron chi connectivity index (χ2n) is 13.4. The third-order valence-corrected chi connectivity index (χ3v) is 9.64. The van der Waals surface area contributed by atoms with Gasteiger partial charge in [-0.05, 0) is 95.1 Å². The summed E-state index contributed by atoms with van der Waals surface area (Å²) in [4.78, 5) is 57.4. The van der Waals surface area contributed by atoms with E-state index in [1.165, 1.54) is 0 Å². The molecule has 18 heteroatoms. The number of ketones is 4. The minimum absolute atomic E-state index is 0.0649. The number of carbonyl (C=O) groups is 4. The molecule has 13 N–H and O–H groups in total. The molecule has 0 spiro atoms. The molecule has 0 amide bonds. The maximum atomic E-state index is 14.5. The van der Waals surface area contributed by atoms with Crippen LogP contribution in [0.25, 0.3) is 24.3 Å². The van der Waals surface area contributed by atoms with Gasteiger partial charge < -0.3 is 71.1 Å². The summed E-state index contributed by atoms with van der Waals surface area (Å²) < 4.78 is 5.36. The lowest BCUT2D eigenvalue weighted by Crippen LogP contribution is -2.90. The molecule has 1 saturated heterocycles. The quantitative estimate of drug-likeness (QED) is 0.0661. The Morgan fingerprint density at radius 1 is 0.450 bits per heavy atom. The van der Waals surface area contributed by atoms with E-state index in [9.17, 15) is 85.6 Å². The minimum Gasteiger partial charge on any atom is -0.504 e. The number of aliphatic hydroxyl groups excluding tert-OH is 1. The molecule has 4 aromatic carbocycles. The van der Waals surface area contributed by atoms with Crippen LogP contribution in [0.4, 0.5) is 0 Å². The van der Waals surface area contributed by atoms with Crippen molar-refractivity contribution in [1.82, 2.24) is 0 Å². The SMILES string of the molecule is O=C(/C=C/c1ccc(O)c(O)c1)C1(O)O[C@H](CO)[C@@](O)(C(=O)/C=C/c2ccc(O)c(O)c2)[C@@](O)(C(=O)/C=C/c2ccc(O)c(O)c2)[C@@]1(O)C(=O)/C=C/c1ccc(O)c(O)c1. The van der Waals surface area contributed by atoms with E-state index in [4.69, 9.17) is 4.74 Å². The first kappa shape index (κ1) is 43.8. The van der Waals surface area contributed by atoms with Gasteiger partial charge in [-0.25, -0.2) is 0 Å². The first-order valence-electron chi connectivity index (χ1n) is 17.3. The van der Waals surface area contributed by atoms with Gasteiger partial charge in [0.05, 0.1) is 6.61 Å². The fraction of sp³-hybridized carbons (Fsp3) is 0.143. The van der Waals surface area contributed by atoms with E-state index in [-0.39, 0.29) is 22.3 Å². The fourth-order valence-electron chi connectivity index (χ4n) is 6.33. The number of hydrogen-bond acceptors (Lipinski definition) is 18. The molecule has 60 heavy (non-hydrogen) atoms. The lowest BCUT2D eigenvalue weighted by Gasteiger charge is -2.59. The number of ether oxygens (including phenoxy) is 1. The van der Waals surface area contributed by atoms with Gasteiger partial charge in [0.15, 0.2) is 68.9 Å². The molecule has 312 valence electrons. The van der Waals surface area contributed by atoms with Crippen molar-refractivity contribution in [2.45, 2.75) is 28.7 Å². The van der Waals surface area contributed by atoms with Crippen LogP contribution in [0.1, 0.15) is 22.3 Å². The van der Waals surface area contributed by atoms with Crippen LogP contribution >= 0.6 is 0 Å². The van der Waals surface area contributed by atoms with Gasteiger partial charge in [0.2, 0.25) is 17.0 Å². The first-order chi connectivity index (χ1) is 28.1. The van der Waals surface area contributed by atoms with E-state index in [1.54, 1.807) is 0 Å². The maximum Gasteiger partial charge on any atom is 0.272 e. The molecule has 18 nitrogen and oxygen atoms in total. The number of carbonyl (C=O) groups excluding carboxylic acids is 4. The first-order valence-corrected chi connectivity index (χ1v) is 17.3. The van der Waals surface area contributed by atoms with Crippen LogP contribution in [0, 0.1) is 0 Å². The highest BCUT2D eigenvalue weighted by Crippen LogP contribution is 2.52. The van der Waals surface area contributed by atoms with Crippen molar-refractivity contribution in [2.24, 2.45) is 0 Å². The zero-order valence-corrected chi connectivity index (χ0v) is 30.7. The Hall–Kier alpha value is -7.32. The lowest BCUT2D eigenvalue weighted by molar-refractivity contribution is -0.388. The summed E-state index contributed by atoms with van der Waals surface area (Å²) in [5.41, 5.74) is -13.5. The highest BCUT2D eigenvalue weighted by atomic mass is 16.7. The second kappa shape index (κ2) is 16.5. The number of phenols is 8. The number of rotatable bonds is 13. The number of phenolic OH excluding ortho intramolecular Hbond substituents is 8. The molecule has 5 atom stereocenters. The topological polar surface area (TPSA) is 340 Å². The Morgan fingerprint density at radius 2 is 0.750 bits per heavy atom. The van der Waals surface area contributed by atoms with Crippen molar-refractivity contribution in [3.8, 4) is 46.0 Å².